The van der Waals surface area contributed by atoms with Crippen LogP contribution in [0.15, 0.2) is 59.5 Å². The second kappa shape index (κ2) is 8.32. The lowest BCUT2D eigenvalue weighted by atomic mass is 9.92. The van der Waals surface area contributed by atoms with Crippen LogP contribution >= 0.6 is 0 Å². The summed E-state index contributed by atoms with van der Waals surface area (Å²) in [5.41, 5.74) is 0.664. The number of rotatable bonds is 7. The molecule has 3 heterocycles. The summed E-state index contributed by atoms with van der Waals surface area (Å²) in [6.45, 7) is 1.97. The van der Waals surface area contributed by atoms with E-state index in [1.54, 1.807) is 36.7 Å². The van der Waals surface area contributed by atoms with Gasteiger partial charge in [0.2, 0.25) is 12.3 Å². The summed E-state index contributed by atoms with van der Waals surface area (Å²) < 4.78 is 16.9. The van der Waals surface area contributed by atoms with Crippen LogP contribution in [0, 0.1) is 0 Å². The van der Waals surface area contributed by atoms with Crippen LogP contribution in [0.4, 0.5) is 0 Å². The van der Waals surface area contributed by atoms with Crippen LogP contribution in [0.3, 0.4) is 0 Å². The fraction of sp³-hybridized carbons (Fsp3) is 0.286. The molecule has 0 radical (unpaired) electrons. The van der Waals surface area contributed by atoms with Crippen molar-refractivity contribution < 1.29 is 18.7 Å². The van der Waals surface area contributed by atoms with E-state index in [0.29, 0.717) is 37.0 Å². The minimum absolute atomic E-state index is 0.221. The highest BCUT2D eigenvalue weighted by atomic mass is 16.5. The Bertz CT molecular complexity index is 945. The Morgan fingerprint density at radius 1 is 1.28 bits per heavy atom. The van der Waals surface area contributed by atoms with Crippen molar-refractivity contribution in [2.75, 3.05) is 33.4 Å². The van der Waals surface area contributed by atoms with E-state index < -0.39 is 5.54 Å². The maximum atomic E-state index is 11.9. The number of piperazine rings is 1. The molecule has 4 rings (SSSR count). The normalized spacial score (nSPS) is 19.0. The monoisotopic (exact) mass is 394 g/mol. The van der Waals surface area contributed by atoms with Gasteiger partial charge in [0.25, 0.3) is 0 Å². The van der Waals surface area contributed by atoms with Gasteiger partial charge in [-0.25, -0.2) is 4.98 Å². The first-order valence-corrected chi connectivity index (χ1v) is 9.31. The van der Waals surface area contributed by atoms with Crippen molar-refractivity contribution in [2.24, 2.45) is 0 Å². The van der Waals surface area contributed by atoms with Crippen LogP contribution in [0.1, 0.15) is 5.69 Å². The van der Waals surface area contributed by atoms with E-state index >= 15 is 0 Å². The molecule has 1 saturated heterocycles. The molecule has 2 aromatic heterocycles. The van der Waals surface area contributed by atoms with Gasteiger partial charge in [-0.2, -0.15) is 0 Å². The molecule has 0 bridgehead atoms. The molecule has 150 valence electrons. The number of methoxy groups -OCH3 is 1. The molecule has 0 spiro atoms. The van der Waals surface area contributed by atoms with E-state index in [1.165, 1.54) is 0 Å². The van der Waals surface area contributed by atoms with Gasteiger partial charge in [0.05, 0.1) is 13.3 Å². The minimum Gasteiger partial charge on any atom is -0.497 e. The minimum atomic E-state index is -0.788. The predicted molar refractivity (Wildman–Crippen MR) is 106 cm³/mol. The Morgan fingerprint density at radius 3 is 2.86 bits per heavy atom. The van der Waals surface area contributed by atoms with Crippen molar-refractivity contribution in [3.05, 3.63) is 60.7 Å². The molecule has 1 atom stereocenters. The number of nitrogens with one attached hydrogen (secondary N) is 1. The van der Waals surface area contributed by atoms with Gasteiger partial charge in [0, 0.05) is 31.4 Å². The third kappa shape index (κ3) is 3.79. The summed E-state index contributed by atoms with van der Waals surface area (Å²) in [7, 11) is 1.62. The molecular formula is C21H22N4O4. The number of carbonyl (C=O) groups is 1. The standard InChI is InChI=1S/C21H22N4O4/c1-27-17-6-4-16(5-7-17)20-24-19(12-28-20)21(13-23-9-10-25(21)15-26)14-29-18-3-2-8-22-11-18/h2-8,11-12,15,23H,9-10,13-14H2,1H3. The van der Waals surface area contributed by atoms with Crippen molar-refractivity contribution in [3.8, 4) is 23.0 Å². The molecule has 0 saturated carbocycles. The molecular weight excluding hydrogens is 372 g/mol. The van der Waals surface area contributed by atoms with Crippen LogP contribution in [-0.4, -0.2) is 54.6 Å². The number of aromatic nitrogens is 2. The number of hydrogen-bond acceptors (Lipinski definition) is 7. The van der Waals surface area contributed by atoms with Gasteiger partial charge in [0.1, 0.15) is 35.6 Å². The second-order valence-corrected chi connectivity index (χ2v) is 6.75. The van der Waals surface area contributed by atoms with E-state index in [-0.39, 0.29) is 6.61 Å². The van der Waals surface area contributed by atoms with Gasteiger partial charge < -0.3 is 24.1 Å². The highest BCUT2D eigenvalue weighted by Crippen LogP contribution is 2.32. The molecule has 1 N–H and O–H groups in total. The first-order valence-electron chi connectivity index (χ1n) is 9.31. The first kappa shape index (κ1) is 18.9. The number of oxazole rings is 1. The lowest BCUT2D eigenvalue weighted by Gasteiger charge is -2.43. The molecule has 1 unspecified atom stereocenters. The van der Waals surface area contributed by atoms with E-state index in [4.69, 9.17) is 18.9 Å². The average molecular weight is 394 g/mol. The highest BCUT2D eigenvalue weighted by Gasteiger charge is 2.44. The van der Waals surface area contributed by atoms with Gasteiger partial charge in [-0.3, -0.25) is 9.78 Å². The van der Waals surface area contributed by atoms with Crippen LogP contribution in [0.25, 0.3) is 11.5 Å². The Labute approximate surface area is 168 Å². The van der Waals surface area contributed by atoms with Gasteiger partial charge in [0.15, 0.2) is 0 Å². The summed E-state index contributed by atoms with van der Waals surface area (Å²) >= 11 is 0. The van der Waals surface area contributed by atoms with E-state index in [0.717, 1.165) is 17.7 Å². The van der Waals surface area contributed by atoms with Crippen molar-refractivity contribution in [2.45, 2.75) is 5.54 Å². The zero-order valence-corrected chi connectivity index (χ0v) is 16.1. The lowest BCUT2D eigenvalue weighted by molar-refractivity contribution is -0.127. The molecule has 8 heteroatoms. The van der Waals surface area contributed by atoms with Gasteiger partial charge in [-0.15, -0.1) is 0 Å². The fourth-order valence-electron chi connectivity index (χ4n) is 3.40. The highest BCUT2D eigenvalue weighted by molar-refractivity contribution is 5.56. The van der Waals surface area contributed by atoms with Crippen molar-refractivity contribution in [1.29, 1.82) is 0 Å². The molecule has 1 fully saturated rings. The summed E-state index contributed by atoms with van der Waals surface area (Å²) in [5.74, 6) is 1.85. The molecule has 3 aromatic rings. The smallest absolute Gasteiger partial charge is 0.226 e. The SMILES string of the molecule is COc1ccc(-c2nc(C3(COc4cccnc4)CNCCN3C=O)co2)cc1. The molecule has 1 aromatic carbocycles. The van der Waals surface area contributed by atoms with Crippen LogP contribution < -0.4 is 14.8 Å². The second-order valence-electron chi connectivity index (χ2n) is 6.75. The molecule has 8 nitrogen and oxygen atoms in total. The van der Waals surface area contributed by atoms with Crippen LogP contribution in [-0.2, 0) is 10.3 Å². The summed E-state index contributed by atoms with van der Waals surface area (Å²) in [5, 5.41) is 3.34. The quantitative estimate of drug-likeness (QED) is 0.614. The summed E-state index contributed by atoms with van der Waals surface area (Å²) in [6.07, 6.45) is 5.76. The maximum Gasteiger partial charge on any atom is 0.226 e. The average Bonchev–Trinajstić information content (AvgIpc) is 3.29. The third-order valence-corrected chi connectivity index (χ3v) is 5.05. The van der Waals surface area contributed by atoms with Crippen molar-refractivity contribution in [3.63, 3.8) is 0 Å². The zero-order valence-electron chi connectivity index (χ0n) is 16.1. The number of amides is 1. The molecule has 1 aliphatic heterocycles. The molecule has 0 aliphatic carbocycles. The van der Waals surface area contributed by atoms with Crippen LogP contribution in [0.5, 0.6) is 11.5 Å². The number of benzene rings is 1. The number of carbonyl (C=O) groups excluding carboxylic acids is 1. The van der Waals surface area contributed by atoms with Crippen molar-refractivity contribution >= 4 is 6.41 Å². The molecule has 29 heavy (non-hydrogen) atoms. The summed E-state index contributed by atoms with van der Waals surface area (Å²) in [4.78, 5) is 22.4. The van der Waals surface area contributed by atoms with Crippen LogP contribution in [0.2, 0.25) is 0 Å². The lowest BCUT2D eigenvalue weighted by Crippen LogP contribution is -2.61. The Balaban J connectivity index is 1.65. The largest absolute Gasteiger partial charge is 0.497 e. The Hall–Kier alpha value is -3.39. The first-order chi connectivity index (χ1) is 14.2. The number of ether oxygens (including phenoxy) is 2. The van der Waals surface area contributed by atoms with Crippen molar-refractivity contribution in [1.82, 2.24) is 20.2 Å². The Morgan fingerprint density at radius 2 is 2.14 bits per heavy atom. The number of pyridine rings is 1. The van der Waals surface area contributed by atoms with Gasteiger partial charge in [-0.1, -0.05) is 0 Å². The molecule has 1 aliphatic rings. The van der Waals surface area contributed by atoms with E-state index in [1.807, 2.05) is 30.3 Å². The zero-order chi connectivity index (χ0) is 20.1. The van der Waals surface area contributed by atoms with E-state index in [9.17, 15) is 4.79 Å². The number of hydrogen-bond donors (Lipinski definition) is 1. The maximum absolute atomic E-state index is 11.9. The Kier molecular flexibility index (Phi) is 5.44. The fourth-order valence-corrected chi connectivity index (χ4v) is 3.40. The summed E-state index contributed by atoms with van der Waals surface area (Å²) in [6, 6.07) is 11.1. The molecule has 1 amide bonds. The predicted octanol–water partition coefficient (Wildman–Crippen LogP) is 2.08. The van der Waals surface area contributed by atoms with Gasteiger partial charge >= 0.3 is 0 Å². The van der Waals surface area contributed by atoms with E-state index in [2.05, 4.69) is 10.3 Å². The van der Waals surface area contributed by atoms with Gasteiger partial charge in [-0.05, 0) is 36.4 Å². The third-order valence-electron chi connectivity index (χ3n) is 5.05. The topological polar surface area (TPSA) is 89.7 Å². The number of nitrogens with zero attached hydrogens (tertiary/aromatic N) is 3.